The minimum Gasteiger partial charge on any atom is -0.329 e. The summed E-state index contributed by atoms with van der Waals surface area (Å²) in [6.45, 7) is 0. The van der Waals surface area contributed by atoms with Crippen molar-refractivity contribution in [3.63, 3.8) is 0 Å². The predicted molar refractivity (Wildman–Crippen MR) is 53.6 cm³/mol. The van der Waals surface area contributed by atoms with Crippen LogP contribution in [0.1, 0.15) is 0 Å². The van der Waals surface area contributed by atoms with Crippen LogP contribution >= 0.6 is 11.8 Å². The Hall–Kier alpha value is -0.490. The molecule has 0 radical (unpaired) electrons. The van der Waals surface area contributed by atoms with E-state index in [0.717, 1.165) is 5.16 Å². The van der Waals surface area contributed by atoms with Crippen LogP contribution in [-0.2, 0) is 16.9 Å². The number of sulfone groups is 1. The van der Waals surface area contributed by atoms with E-state index in [1.807, 2.05) is 17.8 Å². The number of rotatable bonds is 4. The lowest BCUT2D eigenvalue weighted by Crippen LogP contribution is -2.05. The molecule has 1 heterocycles. The summed E-state index contributed by atoms with van der Waals surface area (Å²) in [6.07, 6.45) is 4.78. The standard InChI is InChI=1S/C7H12N2O2S2/c1-9-4-3-8-7(9)12-5-6-13(2,10)11/h3-4H,5-6H2,1-2H3. The third-order valence-corrected chi connectivity index (χ3v) is 3.73. The van der Waals surface area contributed by atoms with Gasteiger partial charge in [0, 0.05) is 31.4 Å². The molecule has 0 saturated carbocycles. The SMILES string of the molecule is Cn1ccnc1SCCS(C)(=O)=O. The number of thioether (sulfide) groups is 1. The summed E-state index contributed by atoms with van der Waals surface area (Å²) < 4.78 is 23.5. The zero-order chi connectivity index (χ0) is 9.90. The molecule has 0 aromatic carbocycles. The first kappa shape index (κ1) is 10.6. The van der Waals surface area contributed by atoms with Gasteiger partial charge >= 0.3 is 0 Å². The van der Waals surface area contributed by atoms with Gasteiger partial charge in [0.05, 0.1) is 5.75 Å². The minimum absolute atomic E-state index is 0.199. The Balaban J connectivity index is 2.41. The summed E-state index contributed by atoms with van der Waals surface area (Å²) in [4.78, 5) is 4.07. The molecule has 0 bridgehead atoms. The Morgan fingerprint density at radius 1 is 1.62 bits per heavy atom. The van der Waals surface area contributed by atoms with Crippen LogP contribution in [0.4, 0.5) is 0 Å². The van der Waals surface area contributed by atoms with Gasteiger partial charge in [-0.2, -0.15) is 0 Å². The van der Waals surface area contributed by atoms with E-state index in [4.69, 9.17) is 0 Å². The maximum absolute atomic E-state index is 10.8. The molecule has 0 unspecified atom stereocenters. The lowest BCUT2D eigenvalue weighted by atomic mass is 10.9. The van der Waals surface area contributed by atoms with E-state index in [1.165, 1.54) is 18.0 Å². The lowest BCUT2D eigenvalue weighted by molar-refractivity contribution is 0.603. The first-order valence-electron chi connectivity index (χ1n) is 3.77. The molecule has 0 aliphatic carbocycles. The highest BCUT2D eigenvalue weighted by molar-refractivity contribution is 8.00. The van der Waals surface area contributed by atoms with Gasteiger partial charge in [-0.25, -0.2) is 13.4 Å². The summed E-state index contributed by atoms with van der Waals surface area (Å²) in [5, 5.41) is 0.851. The molecule has 1 rings (SSSR count). The number of hydrogen-bond donors (Lipinski definition) is 0. The number of hydrogen-bond acceptors (Lipinski definition) is 4. The smallest absolute Gasteiger partial charge is 0.167 e. The van der Waals surface area contributed by atoms with Gasteiger partial charge in [-0.15, -0.1) is 0 Å². The van der Waals surface area contributed by atoms with Crippen molar-refractivity contribution in [3.8, 4) is 0 Å². The average molecular weight is 220 g/mol. The number of aryl methyl sites for hydroxylation is 1. The zero-order valence-electron chi connectivity index (χ0n) is 7.60. The Kier molecular flexibility index (Phi) is 3.38. The van der Waals surface area contributed by atoms with Crippen LogP contribution in [0.25, 0.3) is 0 Å². The van der Waals surface area contributed by atoms with E-state index in [2.05, 4.69) is 4.98 Å². The zero-order valence-corrected chi connectivity index (χ0v) is 9.23. The molecule has 0 amide bonds. The molecule has 1 aromatic rings. The molecule has 0 aliphatic rings. The molecular weight excluding hydrogens is 208 g/mol. The second-order valence-electron chi connectivity index (χ2n) is 2.80. The molecule has 0 fully saturated rings. The second kappa shape index (κ2) is 4.15. The van der Waals surface area contributed by atoms with Crippen LogP contribution < -0.4 is 0 Å². The van der Waals surface area contributed by atoms with E-state index < -0.39 is 9.84 Å². The highest BCUT2D eigenvalue weighted by atomic mass is 32.2. The van der Waals surface area contributed by atoms with Gasteiger partial charge in [-0.05, 0) is 0 Å². The fourth-order valence-corrected chi connectivity index (χ4v) is 2.90. The molecule has 0 spiro atoms. The Bertz CT molecular complexity index is 370. The van der Waals surface area contributed by atoms with Crippen molar-refractivity contribution < 1.29 is 8.42 Å². The fraction of sp³-hybridized carbons (Fsp3) is 0.571. The lowest BCUT2D eigenvalue weighted by Gasteiger charge is -1.99. The van der Waals surface area contributed by atoms with Gasteiger partial charge in [0.25, 0.3) is 0 Å². The van der Waals surface area contributed by atoms with Crippen molar-refractivity contribution in [2.24, 2.45) is 7.05 Å². The maximum atomic E-state index is 10.8. The highest BCUT2D eigenvalue weighted by Gasteiger charge is 2.04. The van der Waals surface area contributed by atoms with Crippen LogP contribution in [0.2, 0.25) is 0 Å². The normalized spacial score (nSPS) is 11.8. The third kappa shape index (κ3) is 3.82. The number of imidazole rings is 1. The van der Waals surface area contributed by atoms with E-state index in [9.17, 15) is 8.42 Å². The van der Waals surface area contributed by atoms with Gasteiger partial charge in [0.15, 0.2) is 5.16 Å². The molecular formula is C7H12N2O2S2. The first-order valence-corrected chi connectivity index (χ1v) is 6.81. The topological polar surface area (TPSA) is 52.0 Å². The second-order valence-corrected chi connectivity index (χ2v) is 6.12. The third-order valence-electron chi connectivity index (χ3n) is 1.46. The first-order chi connectivity index (χ1) is 5.99. The van der Waals surface area contributed by atoms with Crippen LogP contribution in [-0.4, -0.2) is 35.7 Å². The largest absolute Gasteiger partial charge is 0.329 e. The van der Waals surface area contributed by atoms with Crippen molar-refractivity contribution >= 4 is 21.6 Å². The Morgan fingerprint density at radius 3 is 2.77 bits per heavy atom. The van der Waals surface area contributed by atoms with Gasteiger partial charge in [-0.3, -0.25) is 0 Å². The van der Waals surface area contributed by atoms with Crippen molar-refractivity contribution in [3.05, 3.63) is 12.4 Å². The van der Waals surface area contributed by atoms with Crippen molar-refractivity contribution in [2.75, 3.05) is 17.8 Å². The van der Waals surface area contributed by atoms with E-state index in [0.29, 0.717) is 5.75 Å². The predicted octanol–water partition coefficient (Wildman–Crippen LogP) is 0.557. The van der Waals surface area contributed by atoms with Crippen LogP contribution in [0, 0.1) is 0 Å². The molecule has 0 aliphatic heterocycles. The molecule has 74 valence electrons. The van der Waals surface area contributed by atoms with Gasteiger partial charge in [0.2, 0.25) is 0 Å². The molecule has 6 heteroatoms. The molecule has 0 N–H and O–H groups in total. The summed E-state index contributed by atoms with van der Waals surface area (Å²) in [6, 6.07) is 0. The fourth-order valence-electron chi connectivity index (χ4n) is 0.775. The summed E-state index contributed by atoms with van der Waals surface area (Å²) in [7, 11) is -0.963. The molecule has 1 aromatic heterocycles. The van der Waals surface area contributed by atoms with Crippen LogP contribution in [0.15, 0.2) is 17.6 Å². The molecule has 0 saturated heterocycles. The van der Waals surface area contributed by atoms with Crippen molar-refractivity contribution in [1.82, 2.24) is 9.55 Å². The Labute approximate surface area is 82.3 Å². The van der Waals surface area contributed by atoms with E-state index >= 15 is 0 Å². The number of aromatic nitrogens is 2. The van der Waals surface area contributed by atoms with Gasteiger partial charge in [-0.1, -0.05) is 11.8 Å². The summed E-state index contributed by atoms with van der Waals surface area (Å²) >= 11 is 1.45. The Morgan fingerprint density at radius 2 is 2.31 bits per heavy atom. The van der Waals surface area contributed by atoms with Gasteiger partial charge < -0.3 is 4.57 Å². The van der Waals surface area contributed by atoms with E-state index in [-0.39, 0.29) is 5.75 Å². The average Bonchev–Trinajstić information content (AvgIpc) is 2.34. The monoisotopic (exact) mass is 220 g/mol. The highest BCUT2D eigenvalue weighted by Crippen LogP contribution is 2.14. The van der Waals surface area contributed by atoms with Crippen LogP contribution in [0.3, 0.4) is 0 Å². The molecule has 13 heavy (non-hydrogen) atoms. The van der Waals surface area contributed by atoms with Crippen molar-refractivity contribution in [2.45, 2.75) is 5.16 Å². The maximum Gasteiger partial charge on any atom is 0.167 e. The number of nitrogens with zero attached hydrogens (tertiary/aromatic N) is 2. The van der Waals surface area contributed by atoms with E-state index in [1.54, 1.807) is 6.20 Å². The molecule has 0 atom stereocenters. The summed E-state index contributed by atoms with van der Waals surface area (Å²) in [5.41, 5.74) is 0. The minimum atomic E-state index is -2.85. The molecule has 4 nitrogen and oxygen atoms in total. The van der Waals surface area contributed by atoms with Gasteiger partial charge in [0.1, 0.15) is 9.84 Å². The van der Waals surface area contributed by atoms with Crippen LogP contribution in [0.5, 0.6) is 0 Å². The summed E-state index contributed by atoms with van der Waals surface area (Å²) in [5.74, 6) is 0.758. The quantitative estimate of drug-likeness (QED) is 0.696. The van der Waals surface area contributed by atoms with Crippen molar-refractivity contribution in [1.29, 1.82) is 0 Å².